The molecule has 28 valence electrons. The summed E-state index contributed by atoms with van der Waals surface area (Å²) in [6.45, 7) is 0. The van der Waals surface area contributed by atoms with Crippen LogP contribution in [0, 0.1) is 0 Å². The van der Waals surface area contributed by atoms with Gasteiger partial charge in [0.05, 0.1) is 0 Å². The number of rotatable bonds is 0. The normalized spacial score (nSPS) is 25.6. The van der Waals surface area contributed by atoms with Gasteiger partial charge in [0.15, 0.2) is 0 Å². The van der Waals surface area contributed by atoms with Gasteiger partial charge in [0.1, 0.15) is 0 Å². The summed E-state index contributed by atoms with van der Waals surface area (Å²) in [4.78, 5) is 0. The van der Waals surface area contributed by atoms with Gasteiger partial charge in [-0.2, -0.15) is 0 Å². The average molecular weight is 148 g/mol. The molecule has 1 heterocycles. The summed E-state index contributed by atoms with van der Waals surface area (Å²) in [6.07, 6.45) is 2.71. The molecule has 1 atom stereocenters. The van der Waals surface area contributed by atoms with Crippen molar-refractivity contribution in [1.29, 1.82) is 0 Å². The van der Waals surface area contributed by atoms with Crippen LogP contribution in [0.25, 0.3) is 0 Å². The third-order valence-electron chi connectivity index (χ3n) is 0.568. The van der Waals surface area contributed by atoms with Crippen molar-refractivity contribution in [3.05, 3.63) is 0 Å². The van der Waals surface area contributed by atoms with Gasteiger partial charge in [0, 0.05) is 0 Å². The van der Waals surface area contributed by atoms with Gasteiger partial charge in [-0.3, -0.25) is 0 Å². The van der Waals surface area contributed by atoms with Crippen LogP contribution in [0.15, 0.2) is 0 Å². The van der Waals surface area contributed by atoms with Gasteiger partial charge in [0.2, 0.25) is 0 Å². The van der Waals surface area contributed by atoms with Crippen molar-refractivity contribution in [2.75, 3.05) is 0 Å². The fourth-order valence-electron chi connectivity index (χ4n) is 0.323. The van der Waals surface area contributed by atoms with Crippen LogP contribution in [0.2, 0.25) is 5.21 Å². The maximum atomic E-state index is 2.43. The molecule has 1 aliphatic heterocycles. The van der Waals surface area contributed by atoms with Gasteiger partial charge in [-0.05, 0) is 0 Å². The molecule has 0 saturated heterocycles. The molecule has 0 fully saturated rings. The molecular formula is C3H6AsP. The van der Waals surface area contributed by atoms with E-state index in [1.807, 2.05) is 0 Å². The molecule has 5 heavy (non-hydrogen) atoms. The van der Waals surface area contributed by atoms with E-state index in [-0.39, 0.29) is 0 Å². The van der Waals surface area contributed by atoms with Gasteiger partial charge >= 0.3 is 38.6 Å². The zero-order chi connectivity index (χ0) is 3.54. The standard InChI is InChI=1S/C3H6AsP/c1-2-4-5-3-1/h3,5H,1-2H2. The molecule has 0 saturated carbocycles. The molecule has 0 bridgehead atoms. The first-order valence-corrected chi connectivity index (χ1v) is 6.90. The van der Waals surface area contributed by atoms with E-state index in [1.54, 1.807) is 5.21 Å². The van der Waals surface area contributed by atoms with E-state index in [0.717, 1.165) is 14.8 Å². The Balaban J connectivity index is 2.64. The second-order valence-corrected chi connectivity index (χ2v) is 6.54. The van der Waals surface area contributed by atoms with Crippen molar-refractivity contribution in [2.45, 2.75) is 11.6 Å². The Kier molecular flexibility index (Phi) is 1.56. The van der Waals surface area contributed by atoms with Crippen molar-refractivity contribution in [1.82, 2.24) is 0 Å². The molecule has 0 aromatic heterocycles. The quantitative estimate of drug-likeness (QED) is 0.353. The summed E-state index contributed by atoms with van der Waals surface area (Å²) < 4.78 is 0. The third-order valence-corrected chi connectivity index (χ3v) is 5.69. The second kappa shape index (κ2) is 2.00. The minimum absolute atomic E-state index is 0.826. The minimum atomic E-state index is 0.826. The van der Waals surface area contributed by atoms with Gasteiger partial charge in [-0.25, -0.2) is 0 Å². The Morgan fingerprint density at radius 2 is 2.80 bits per heavy atom. The van der Waals surface area contributed by atoms with Crippen LogP contribution in [0.5, 0.6) is 0 Å². The topological polar surface area (TPSA) is 0 Å². The Labute approximate surface area is 39.1 Å². The Morgan fingerprint density at radius 1 is 1.80 bits per heavy atom. The molecule has 1 unspecified atom stereocenters. The number of hydrogen-bond acceptors (Lipinski definition) is 0. The first-order valence-electron chi connectivity index (χ1n) is 1.74. The van der Waals surface area contributed by atoms with E-state index in [4.69, 9.17) is 0 Å². The molecule has 0 aliphatic carbocycles. The van der Waals surface area contributed by atoms with Crippen molar-refractivity contribution in [3.63, 3.8) is 0 Å². The third kappa shape index (κ3) is 1.07. The molecule has 0 aromatic rings. The molecular weight excluding hydrogens is 142 g/mol. The molecule has 0 spiro atoms. The summed E-state index contributed by atoms with van der Waals surface area (Å²) >= 11 is 0.826. The van der Waals surface area contributed by atoms with Crippen molar-refractivity contribution in [3.8, 4) is 0 Å². The fraction of sp³-hybridized carbons (Fsp3) is 0.667. The Bertz CT molecular complexity index is 72.9. The SMILES string of the molecule is C1=[PH]=[As]CC1. The van der Waals surface area contributed by atoms with E-state index in [2.05, 4.69) is 5.80 Å². The maximum absolute atomic E-state index is 2.43. The van der Waals surface area contributed by atoms with Crippen LogP contribution in [0.3, 0.4) is 0 Å². The summed E-state index contributed by atoms with van der Waals surface area (Å²) in [5.41, 5.74) is 0. The summed E-state index contributed by atoms with van der Waals surface area (Å²) in [6, 6.07) is 0. The van der Waals surface area contributed by atoms with Crippen LogP contribution >= 0.6 is 6.32 Å². The van der Waals surface area contributed by atoms with Crippen LogP contribution in [-0.4, -0.2) is 20.6 Å². The van der Waals surface area contributed by atoms with Crippen molar-refractivity contribution >= 4 is 26.9 Å². The molecule has 1 rings (SSSR count). The van der Waals surface area contributed by atoms with Crippen LogP contribution in [-0.2, 0) is 0 Å². The molecule has 2 heteroatoms. The van der Waals surface area contributed by atoms with Crippen molar-refractivity contribution < 1.29 is 0 Å². The van der Waals surface area contributed by atoms with Crippen LogP contribution in [0.4, 0.5) is 0 Å². The molecule has 0 amide bonds. The van der Waals surface area contributed by atoms with Crippen LogP contribution < -0.4 is 0 Å². The van der Waals surface area contributed by atoms with Gasteiger partial charge in [0.25, 0.3) is 0 Å². The first-order chi connectivity index (χ1) is 2.50. The van der Waals surface area contributed by atoms with Gasteiger partial charge in [-0.1, -0.05) is 0 Å². The Morgan fingerprint density at radius 3 is 3.00 bits per heavy atom. The number of hydrogen-bond donors (Lipinski definition) is 0. The predicted octanol–water partition coefficient (Wildman–Crippen LogP) is 0.908. The van der Waals surface area contributed by atoms with Crippen LogP contribution in [0.1, 0.15) is 6.42 Å². The first kappa shape index (κ1) is 3.90. The second-order valence-electron chi connectivity index (χ2n) is 1.00. The fourth-order valence-corrected chi connectivity index (χ4v) is 5.03. The molecule has 0 N–H and O–H groups in total. The average Bonchev–Trinajstić information content (AvgIpc) is 1.76. The molecule has 0 aromatic carbocycles. The van der Waals surface area contributed by atoms with E-state index in [0.29, 0.717) is 0 Å². The van der Waals surface area contributed by atoms with Gasteiger partial charge < -0.3 is 0 Å². The predicted molar refractivity (Wildman–Crippen MR) is 29.6 cm³/mol. The summed E-state index contributed by atoms with van der Waals surface area (Å²) in [5, 5.41) is 1.55. The zero-order valence-electron chi connectivity index (χ0n) is 2.94. The molecule has 1 aliphatic rings. The van der Waals surface area contributed by atoms with E-state index >= 15 is 0 Å². The van der Waals surface area contributed by atoms with Gasteiger partial charge in [-0.15, -0.1) is 0 Å². The molecule has 0 nitrogen and oxygen atoms in total. The van der Waals surface area contributed by atoms with E-state index in [1.165, 1.54) is 12.7 Å². The van der Waals surface area contributed by atoms with E-state index in [9.17, 15) is 0 Å². The van der Waals surface area contributed by atoms with E-state index < -0.39 is 0 Å². The monoisotopic (exact) mass is 148 g/mol. The zero-order valence-corrected chi connectivity index (χ0v) is 5.82. The summed E-state index contributed by atoms with van der Waals surface area (Å²) in [5.74, 6) is 2.43. The Hall–Kier alpha value is 0.728. The van der Waals surface area contributed by atoms with Crippen molar-refractivity contribution in [2.24, 2.45) is 0 Å². The summed E-state index contributed by atoms with van der Waals surface area (Å²) in [7, 11) is 0. The molecule has 0 radical (unpaired) electrons.